The number of nitrogens with zero attached hydrogens (tertiary/aromatic N) is 2. The number of rotatable bonds is 4. The van der Waals surface area contributed by atoms with E-state index in [1.54, 1.807) is 7.11 Å². The number of methoxy groups -OCH3 is 1. The molecule has 1 aromatic carbocycles. The Morgan fingerprint density at radius 2 is 2.00 bits per heavy atom. The van der Waals surface area contributed by atoms with Crippen LogP contribution >= 0.6 is 0 Å². The van der Waals surface area contributed by atoms with Crippen LogP contribution < -0.4 is 10.5 Å². The van der Waals surface area contributed by atoms with Crippen molar-refractivity contribution < 1.29 is 4.74 Å². The standard InChI is InChI=1S/C13H17N3O/c1-16-13(11(7-8-14)9-15-16)10-3-5-12(17-2)6-4-10/h3-6,9H,7-8,14H2,1-2H3. The second-order valence-electron chi connectivity index (χ2n) is 3.91. The molecule has 0 aliphatic carbocycles. The summed E-state index contributed by atoms with van der Waals surface area (Å²) in [6.45, 7) is 0.634. The van der Waals surface area contributed by atoms with Crippen LogP contribution in [0.5, 0.6) is 5.75 Å². The average Bonchev–Trinajstić information content (AvgIpc) is 2.71. The minimum Gasteiger partial charge on any atom is -0.497 e. The predicted octanol–water partition coefficient (Wildman–Crippen LogP) is 1.60. The van der Waals surface area contributed by atoms with Crippen molar-refractivity contribution in [2.45, 2.75) is 6.42 Å². The Balaban J connectivity index is 2.40. The smallest absolute Gasteiger partial charge is 0.118 e. The van der Waals surface area contributed by atoms with Crippen molar-refractivity contribution in [3.05, 3.63) is 36.0 Å². The van der Waals surface area contributed by atoms with Crippen molar-refractivity contribution >= 4 is 0 Å². The highest BCUT2D eigenvalue weighted by Gasteiger charge is 2.10. The predicted molar refractivity (Wildman–Crippen MR) is 68.0 cm³/mol. The van der Waals surface area contributed by atoms with Crippen molar-refractivity contribution in [3.8, 4) is 17.0 Å². The van der Waals surface area contributed by atoms with Gasteiger partial charge in [0.2, 0.25) is 0 Å². The van der Waals surface area contributed by atoms with Crippen LogP contribution in [0.4, 0.5) is 0 Å². The van der Waals surface area contributed by atoms with Crippen LogP contribution in [-0.4, -0.2) is 23.4 Å². The van der Waals surface area contributed by atoms with Gasteiger partial charge in [0.25, 0.3) is 0 Å². The zero-order valence-electron chi connectivity index (χ0n) is 10.2. The van der Waals surface area contributed by atoms with Gasteiger partial charge in [-0.05, 0) is 42.8 Å². The van der Waals surface area contributed by atoms with E-state index in [0.717, 1.165) is 23.4 Å². The third kappa shape index (κ3) is 2.31. The molecular weight excluding hydrogens is 214 g/mol. The molecule has 0 atom stereocenters. The molecule has 0 spiro atoms. The highest BCUT2D eigenvalue weighted by Crippen LogP contribution is 2.25. The Bertz CT molecular complexity index is 488. The van der Waals surface area contributed by atoms with Gasteiger partial charge in [-0.2, -0.15) is 5.10 Å². The molecule has 2 aromatic rings. The van der Waals surface area contributed by atoms with Gasteiger partial charge in [-0.15, -0.1) is 0 Å². The third-order valence-electron chi connectivity index (χ3n) is 2.79. The summed E-state index contributed by atoms with van der Waals surface area (Å²) < 4.78 is 7.03. The molecule has 0 radical (unpaired) electrons. The second-order valence-corrected chi connectivity index (χ2v) is 3.91. The molecule has 0 aliphatic rings. The minimum atomic E-state index is 0.634. The first-order valence-corrected chi connectivity index (χ1v) is 5.61. The van der Waals surface area contributed by atoms with E-state index in [1.807, 2.05) is 42.2 Å². The zero-order chi connectivity index (χ0) is 12.3. The van der Waals surface area contributed by atoms with E-state index in [-0.39, 0.29) is 0 Å². The fraction of sp³-hybridized carbons (Fsp3) is 0.308. The summed E-state index contributed by atoms with van der Waals surface area (Å²) in [5, 5.41) is 4.28. The van der Waals surface area contributed by atoms with E-state index in [0.29, 0.717) is 6.54 Å². The first-order chi connectivity index (χ1) is 8.26. The highest BCUT2D eigenvalue weighted by atomic mass is 16.5. The number of hydrogen-bond donors (Lipinski definition) is 1. The monoisotopic (exact) mass is 231 g/mol. The minimum absolute atomic E-state index is 0.634. The summed E-state index contributed by atoms with van der Waals surface area (Å²) in [4.78, 5) is 0. The molecule has 0 saturated heterocycles. The number of aromatic nitrogens is 2. The largest absolute Gasteiger partial charge is 0.497 e. The van der Waals surface area contributed by atoms with E-state index < -0.39 is 0 Å². The number of aryl methyl sites for hydroxylation is 1. The van der Waals surface area contributed by atoms with Gasteiger partial charge in [-0.3, -0.25) is 4.68 Å². The van der Waals surface area contributed by atoms with Gasteiger partial charge in [0.1, 0.15) is 5.75 Å². The number of benzene rings is 1. The van der Waals surface area contributed by atoms with Gasteiger partial charge >= 0.3 is 0 Å². The topological polar surface area (TPSA) is 53.1 Å². The van der Waals surface area contributed by atoms with E-state index in [1.165, 1.54) is 5.56 Å². The number of ether oxygens (including phenoxy) is 1. The molecule has 2 rings (SSSR count). The van der Waals surface area contributed by atoms with Crippen LogP contribution in [0.2, 0.25) is 0 Å². The molecular formula is C13H17N3O. The van der Waals surface area contributed by atoms with E-state index >= 15 is 0 Å². The van der Waals surface area contributed by atoms with Crippen LogP contribution in [0.15, 0.2) is 30.5 Å². The van der Waals surface area contributed by atoms with Crippen LogP contribution in [0.1, 0.15) is 5.56 Å². The zero-order valence-corrected chi connectivity index (χ0v) is 10.2. The lowest BCUT2D eigenvalue weighted by atomic mass is 10.1. The fourth-order valence-electron chi connectivity index (χ4n) is 1.94. The molecule has 0 amide bonds. The molecule has 17 heavy (non-hydrogen) atoms. The van der Waals surface area contributed by atoms with Gasteiger partial charge in [0, 0.05) is 12.6 Å². The molecule has 90 valence electrons. The van der Waals surface area contributed by atoms with Gasteiger partial charge in [0.15, 0.2) is 0 Å². The molecule has 0 unspecified atom stereocenters. The molecule has 1 heterocycles. The van der Waals surface area contributed by atoms with Crippen LogP contribution in [0.25, 0.3) is 11.3 Å². The Kier molecular flexibility index (Phi) is 3.44. The van der Waals surface area contributed by atoms with Crippen molar-refractivity contribution in [2.75, 3.05) is 13.7 Å². The Morgan fingerprint density at radius 3 is 2.59 bits per heavy atom. The summed E-state index contributed by atoms with van der Waals surface area (Å²) in [7, 11) is 3.61. The van der Waals surface area contributed by atoms with Crippen LogP contribution in [0, 0.1) is 0 Å². The summed E-state index contributed by atoms with van der Waals surface area (Å²) >= 11 is 0. The molecule has 1 aromatic heterocycles. The second kappa shape index (κ2) is 5.01. The molecule has 4 heteroatoms. The maximum atomic E-state index is 5.61. The highest BCUT2D eigenvalue weighted by molar-refractivity contribution is 5.64. The fourth-order valence-corrected chi connectivity index (χ4v) is 1.94. The van der Waals surface area contributed by atoms with Crippen LogP contribution in [-0.2, 0) is 13.5 Å². The first-order valence-electron chi connectivity index (χ1n) is 5.61. The van der Waals surface area contributed by atoms with Crippen molar-refractivity contribution in [2.24, 2.45) is 12.8 Å². The van der Waals surface area contributed by atoms with Gasteiger partial charge in [-0.1, -0.05) is 0 Å². The maximum Gasteiger partial charge on any atom is 0.118 e. The third-order valence-corrected chi connectivity index (χ3v) is 2.79. The van der Waals surface area contributed by atoms with Gasteiger partial charge in [-0.25, -0.2) is 0 Å². The molecule has 0 bridgehead atoms. The quantitative estimate of drug-likeness (QED) is 0.869. The van der Waals surface area contributed by atoms with Crippen LogP contribution in [0.3, 0.4) is 0 Å². The molecule has 2 N–H and O–H groups in total. The van der Waals surface area contributed by atoms with E-state index in [4.69, 9.17) is 10.5 Å². The number of nitrogens with two attached hydrogens (primary N) is 1. The van der Waals surface area contributed by atoms with Gasteiger partial charge < -0.3 is 10.5 Å². The Labute approximate surface area is 101 Å². The normalized spacial score (nSPS) is 10.5. The molecule has 4 nitrogen and oxygen atoms in total. The number of hydrogen-bond acceptors (Lipinski definition) is 3. The lowest BCUT2D eigenvalue weighted by Gasteiger charge is -2.07. The van der Waals surface area contributed by atoms with Crippen molar-refractivity contribution in [3.63, 3.8) is 0 Å². The summed E-state index contributed by atoms with van der Waals surface area (Å²) in [6, 6.07) is 7.98. The average molecular weight is 231 g/mol. The van der Waals surface area contributed by atoms with E-state index in [9.17, 15) is 0 Å². The molecule has 0 fully saturated rings. The lowest BCUT2D eigenvalue weighted by Crippen LogP contribution is -2.04. The molecule has 0 saturated carbocycles. The first kappa shape index (κ1) is 11.7. The summed E-state index contributed by atoms with van der Waals surface area (Å²) in [5.74, 6) is 0.858. The Hall–Kier alpha value is -1.81. The van der Waals surface area contributed by atoms with Gasteiger partial charge in [0.05, 0.1) is 19.0 Å². The SMILES string of the molecule is COc1ccc(-c2c(CCN)cnn2C)cc1. The van der Waals surface area contributed by atoms with E-state index in [2.05, 4.69) is 5.10 Å². The summed E-state index contributed by atoms with van der Waals surface area (Å²) in [5.41, 5.74) is 9.04. The van der Waals surface area contributed by atoms with Crippen molar-refractivity contribution in [1.29, 1.82) is 0 Å². The Morgan fingerprint density at radius 1 is 1.29 bits per heavy atom. The van der Waals surface area contributed by atoms with Crippen molar-refractivity contribution in [1.82, 2.24) is 9.78 Å². The lowest BCUT2D eigenvalue weighted by molar-refractivity contribution is 0.415. The maximum absolute atomic E-state index is 5.61. The summed E-state index contributed by atoms with van der Waals surface area (Å²) in [6.07, 6.45) is 2.72. The molecule has 0 aliphatic heterocycles.